The quantitative estimate of drug-likeness (QED) is 0.0677. The van der Waals surface area contributed by atoms with Crippen molar-refractivity contribution in [2.45, 2.75) is 107 Å². The second kappa shape index (κ2) is 26.6. The first kappa shape index (κ1) is 63.0. The molecule has 8 heterocycles. The Hall–Kier alpha value is -11.8. The zero-order chi connectivity index (χ0) is 68.1. The Morgan fingerprint density at radius 2 is 0.460 bits per heavy atom. The Labute approximate surface area is 583 Å². The fourth-order valence-electron chi connectivity index (χ4n) is 15.7. The number of fused-ring (bicyclic) bond motifs is 4. The van der Waals surface area contributed by atoms with Gasteiger partial charge in [-0.05, 0) is 161 Å². The SMILES string of the molecule is CCc1nc2cccnc2c(CC)c1N(c1ccccc1)c1cc(N(c2ccccc2)c2c(CC)nc3cccnc3c2CC)c2ccc3c(N(c4ccccc4)c4c(CC)nc5cccnc5c4CC)cc(N(c4ccccc4)c4c(CC)nc5cccnc5c4CC)c4ccc1c2c43. The summed E-state index contributed by atoms with van der Waals surface area (Å²) in [5.41, 5.74) is 27.5. The number of aromatic nitrogens is 8. The summed E-state index contributed by atoms with van der Waals surface area (Å²) in [6, 6.07) is 74.6. The van der Waals surface area contributed by atoms with E-state index >= 15 is 0 Å². The molecule has 0 N–H and O–H groups in total. The van der Waals surface area contributed by atoms with Crippen LogP contribution >= 0.6 is 0 Å². The Bertz CT molecular complexity index is 5050. The molecular formula is C88H78N12. The first-order valence-corrected chi connectivity index (χ1v) is 35.6. The molecule has 16 rings (SSSR count). The molecule has 490 valence electrons. The molecule has 0 aliphatic carbocycles. The summed E-state index contributed by atoms with van der Waals surface area (Å²) < 4.78 is 0. The van der Waals surface area contributed by atoms with Gasteiger partial charge in [0.05, 0.1) is 112 Å². The van der Waals surface area contributed by atoms with Gasteiger partial charge >= 0.3 is 0 Å². The van der Waals surface area contributed by atoms with E-state index in [1.165, 1.54) is 0 Å². The molecule has 0 aliphatic heterocycles. The maximum Gasteiger partial charge on any atom is 0.0939 e. The maximum absolute atomic E-state index is 5.57. The topological polar surface area (TPSA) is 116 Å². The molecule has 0 fully saturated rings. The second-order valence-corrected chi connectivity index (χ2v) is 25.4. The van der Waals surface area contributed by atoms with Crippen LogP contribution in [0.2, 0.25) is 0 Å². The van der Waals surface area contributed by atoms with Crippen LogP contribution in [0.25, 0.3) is 76.5 Å². The molecule has 0 aliphatic rings. The number of aryl methyl sites for hydroxylation is 8. The average molecular weight is 1300 g/mol. The summed E-state index contributed by atoms with van der Waals surface area (Å²) in [5.74, 6) is 0. The summed E-state index contributed by atoms with van der Waals surface area (Å²) in [4.78, 5) is 53.0. The maximum atomic E-state index is 5.57. The minimum atomic E-state index is 0.676. The van der Waals surface area contributed by atoms with E-state index in [0.717, 1.165) is 190 Å². The molecule has 100 heavy (non-hydrogen) atoms. The summed E-state index contributed by atoms with van der Waals surface area (Å²) in [6.45, 7) is 17.9. The van der Waals surface area contributed by atoms with E-state index in [2.05, 4.69) is 257 Å². The normalized spacial score (nSPS) is 11.7. The molecule has 0 radical (unpaired) electrons. The Kier molecular flexibility index (Phi) is 16.7. The van der Waals surface area contributed by atoms with Gasteiger partial charge in [0.15, 0.2) is 0 Å². The zero-order valence-corrected chi connectivity index (χ0v) is 58.0. The fraction of sp³-hybridized carbons (Fsp3) is 0.182. The molecule has 0 atom stereocenters. The summed E-state index contributed by atoms with van der Waals surface area (Å²) >= 11 is 0. The highest BCUT2D eigenvalue weighted by Gasteiger charge is 2.35. The van der Waals surface area contributed by atoms with Crippen LogP contribution in [-0.4, -0.2) is 39.9 Å². The van der Waals surface area contributed by atoms with Crippen LogP contribution in [0.15, 0.2) is 231 Å². The highest BCUT2D eigenvalue weighted by atomic mass is 15.2. The summed E-state index contributed by atoms with van der Waals surface area (Å²) in [5, 5.41) is 6.42. The second-order valence-electron chi connectivity index (χ2n) is 25.4. The molecule has 0 saturated heterocycles. The van der Waals surface area contributed by atoms with Crippen molar-refractivity contribution in [1.29, 1.82) is 0 Å². The van der Waals surface area contributed by atoms with Crippen molar-refractivity contribution in [1.82, 2.24) is 39.9 Å². The molecule has 8 aromatic heterocycles. The predicted octanol–water partition coefficient (Wildman–Crippen LogP) is 22.7. The van der Waals surface area contributed by atoms with Crippen LogP contribution in [0.1, 0.15) is 100 Å². The number of benzene rings is 8. The number of hydrogen-bond donors (Lipinski definition) is 0. The monoisotopic (exact) mass is 1300 g/mol. The Morgan fingerprint density at radius 3 is 0.660 bits per heavy atom. The van der Waals surface area contributed by atoms with Crippen LogP contribution in [0.5, 0.6) is 0 Å². The molecule has 0 saturated carbocycles. The lowest BCUT2D eigenvalue weighted by Crippen LogP contribution is -2.20. The third-order valence-corrected chi connectivity index (χ3v) is 20.0. The van der Waals surface area contributed by atoms with Gasteiger partial charge < -0.3 is 19.6 Å². The van der Waals surface area contributed by atoms with Gasteiger partial charge in [0.2, 0.25) is 0 Å². The minimum absolute atomic E-state index is 0.676. The molecule has 8 aromatic carbocycles. The van der Waals surface area contributed by atoms with Gasteiger partial charge in [0.25, 0.3) is 0 Å². The molecule has 0 bridgehead atoms. The van der Waals surface area contributed by atoms with Crippen molar-refractivity contribution < 1.29 is 0 Å². The number of anilines is 12. The van der Waals surface area contributed by atoms with Gasteiger partial charge in [-0.25, -0.2) is 19.9 Å². The van der Waals surface area contributed by atoms with Gasteiger partial charge in [0.1, 0.15) is 0 Å². The standard InChI is InChI=1S/C88H78N12/c1-9-59-81-71(41-29-49-89-81)93-67(13-5)85(59)97(55-33-21-17-22-34-55)75-53-76(98(56-35-23-18-24-36-56)86-60(10-2)82-72(42-30-50-90-82)94-68(86)14-6)64-47-48-66-78(100(58-39-27-20-28-40-58)88-62(12-4)84-74(44-32-52-92-84)96-70(88)16-8)54-77(65-46-45-63(75)79(64)80(65)66)99(57-37-25-19-26-38-57)87-61(11-3)83-73(43-31-51-91-83)95-69(87)15-7/h17-54H,9-16H2,1-8H3. The van der Waals surface area contributed by atoms with Crippen molar-refractivity contribution in [3.8, 4) is 0 Å². The molecule has 12 heteroatoms. The first-order chi connectivity index (χ1) is 49.3. The molecule has 0 unspecified atom stereocenters. The van der Waals surface area contributed by atoms with E-state index in [1.54, 1.807) is 0 Å². The zero-order valence-electron chi connectivity index (χ0n) is 58.0. The molecular weight excluding hydrogens is 1230 g/mol. The lowest BCUT2D eigenvalue weighted by molar-refractivity contribution is 1.01. The van der Waals surface area contributed by atoms with E-state index in [4.69, 9.17) is 39.9 Å². The minimum Gasteiger partial charge on any atom is -0.308 e. The molecule has 16 aromatic rings. The third-order valence-electron chi connectivity index (χ3n) is 20.0. The van der Waals surface area contributed by atoms with E-state index in [1.807, 2.05) is 49.1 Å². The Morgan fingerprint density at radius 1 is 0.240 bits per heavy atom. The van der Waals surface area contributed by atoms with Crippen molar-refractivity contribution in [3.63, 3.8) is 0 Å². The third kappa shape index (κ3) is 10.3. The average Bonchev–Trinajstić information content (AvgIpc) is 0.694. The van der Waals surface area contributed by atoms with Gasteiger partial charge in [-0.2, -0.15) is 0 Å². The fourth-order valence-corrected chi connectivity index (χ4v) is 15.7. The summed E-state index contributed by atoms with van der Waals surface area (Å²) in [7, 11) is 0. The Balaban J connectivity index is 1.16. The van der Waals surface area contributed by atoms with Gasteiger partial charge in [-0.15, -0.1) is 0 Å². The predicted molar refractivity (Wildman–Crippen MR) is 416 cm³/mol. The lowest BCUT2D eigenvalue weighted by Gasteiger charge is -2.36. The van der Waals surface area contributed by atoms with Crippen molar-refractivity contribution in [2.24, 2.45) is 0 Å². The smallest absolute Gasteiger partial charge is 0.0939 e. The number of pyridine rings is 8. The van der Waals surface area contributed by atoms with Crippen LogP contribution in [-0.2, 0) is 51.4 Å². The van der Waals surface area contributed by atoms with Crippen LogP contribution < -0.4 is 19.6 Å². The van der Waals surface area contributed by atoms with Crippen molar-refractivity contribution in [3.05, 3.63) is 276 Å². The lowest BCUT2D eigenvalue weighted by atomic mass is 9.88. The van der Waals surface area contributed by atoms with Crippen LogP contribution in [0, 0.1) is 0 Å². The molecule has 0 amide bonds. The highest BCUT2D eigenvalue weighted by Crippen LogP contribution is 2.57. The molecule has 12 nitrogen and oxygen atoms in total. The number of hydrogen-bond acceptors (Lipinski definition) is 12. The van der Waals surface area contributed by atoms with E-state index in [0.29, 0.717) is 51.4 Å². The largest absolute Gasteiger partial charge is 0.308 e. The number of rotatable bonds is 20. The highest BCUT2D eigenvalue weighted by molar-refractivity contribution is 6.33. The van der Waals surface area contributed by atoms with Crippen molar-refractivity contribution in [2.75, 3.05) is 19.6 Å². The van der Waals surface area contributed by atoms with E-state index in [9.17, 15) is 0 Å². The summed E-state index contributed by atoms with van der Waals surface area (Å²) in [6.07, 6.45) is 13.2. The van der Waals surface area contributed by atoms with Crippen LogP contribution in [0.3, 0.4) is 0 Å². The van der Waals surface area contributed by atoms with Gasteiger partial charge in [-0.3, -0.25) is 19.9 Å². The van der Waals surface area contributed by atoms with Crippen LogP contribution in [0.4, 0.5) is 68.2 Å². The van der Waals surface area contributed by atoms with Gasteiger partial charge in [0, 0.05) is 102 Å². The number of nitrogens with zero attached hydrogens (tertiary/aromatic N) is 12. The molecule has 0 spiro atoms. The van der Waals surface area contributed by atoms with Crippen molar-refractivity contribution >= 4 is 145 Å². The van der Waals surface area contributed by atoms with E-state index < -0.39 is 0 Å². The first-order valence-electron chi connectivity index (χ1n) is 35.6. The van der Waals surface area contributed by atoms with Gasteiger partial charge in [-0.1, -0.05) is 152 Å². The number of para-hydroxylation sites is 4. The van der Waals surface area contributed by atoms with E-state index in [-0.39, 0.29) is 0 Å².